The molecule has 5 rings (SSSR count). The van der Waals surface area contributed by atoms with E-state index in [4.69, 9.17) is 0 Å². The van der Waals surface area contributed by atoms with Gasteiger partial charge in [0.2, 0.25) is 0 Å². The van der Waals surface area contributed by atoms with Crippen LogP contribution in [0.4, 0.5) is 5.69 Å². The predicted octanol–water partition coefficient (Wildman–Crippen LogP) is 8.46. The molecule has 2 heterocycles. The first-order valence-electron chi connectivity index (χ1n) is 22.5. The Balaban J connectivity index is 0.000000589. The average Bonchev–Trinajstić information content (AvgIpc) is 3.76. The molecule has 1 amide bonds. The van der Waals surface area contributed by atoms with E-state index in [1.165, 1.54) is 112 Å². The first-order valence-corrected chi connectivity index (χ1v) is 25.4. The van der Waals surface area contributed by atoms with E-state index in [1.807, 2.05) is 30.3 Å². The summed E-state index contributed by atoms with van der Waals surface area (Å²) in [6.07, 6.45) is 6.69. The number of aryl methyl sites for hydroxylation is 1. The molecule has 17 heteroatoms. The van der Waals surface area contributed by atoms with Crippen molar-refractivity contribution in [3.05, 3.63) is 130 Å². The van der Waals surface area contributed by atoms with Crippen LogP contribution in [0.25, 0.3) is 17.3 Å². The summed E-state index contributed by atoms with van der Waals surface area (Å²) in [6, 6.07) is 19.5. The van der Waals surface area contributed by atoms with E-state index in [0.29, 0.717) is 39.5 Å². The molecule has 0 spiro atoms. The molecule has 15 nitrogen and oxygen atoms in total. The minimum Gasteiger partial charge on any atom is -0.304 e. The number of hydrogen-bond donors (Lipinski definition) is 3. The maximum atomic E-state index is 13.3. The monoisotopic (exact) mass is 949 g/mol. The standard InChI is InChI=1S/C31H26N4O8S2.3C6H15N/c1-20-28(30(36)34(32-20)24-10-14-26(15-11-24)44(38,39)40)18-8-23(22-6-4-3-5-7-22)9-19-29-21(2)33-35(31(29)37)25-12-16-27(17-13-25)45(41,42)43;3*1-4-7(5-2)6-3/h3-19,32H,1-2H3,(H,38,39,40)(H,41,42,43);3*4-6H2,1-3H3/b18-8+,23-9-,29-19-;;;. The second-order valence-corrected chi connectivity index (χ2v) is 17.6. The van der Waals surface area contributed by atoms with Gasteiger partial charge in [0, 0.05) is 5.69 Å². The van der Waals surface area contributed by atoms with Crippen LogP contribution >= 0.6 is 0 Å². The van der Waals surface area contributed by atoms with Crippen molar-refractivity contribution in [2.24, 2.45) is 5.10 Å². The van der Waals surface area contributed by atoms with Crippen LogP contribution in [0.1, 0.15) is 86.1 Å². The Bertz CT molecular complexity index is 2470. The number of aromatic nitrogens is 2. The van der Waals surface area contributed by atoms with E-state index in [-0.39, 0.29) is 9.79 Å². The molecule has 0 fully saturated rings. The first-order chi connectivity index (χ1) is 31.3. The summed E-state index contributed by atoms with van der Waals surface area (Å²) in [6.45, 7) is 33.8. The van der Waals surface area contributed by atoms with Gasteiger partial charge in [-0.3, -0.25) is 23.8 Å². The van der Waals surface area contributed by atoms with E-state index in [1.54, 1.807) is 38.2 Å². The zero-order valence-corrected chi connectivity index (χ0v) is 42.2. The highest BCUT2D eigenvalue weighted by molar-refractivity contribution is 7.86. The maximum Gasteiger partial charge on any atom is 0.294 e. The van der Waals surface area contributed by atoms with Gasteiger partial charge in [0.05, 0.1) is 38.0 Å². The average molecular weight is 950 g/mol. The molecule has 362 valence electrons. The van der Waals surface area contributed by atoms with Crippen LogP contribution in [0.15, 0.2) is 122 Å². The van der Waals surface area contributed by atoms with Gasteiger partial charge in [0.15, 0.2) is 0 Å². The Morgan fingerprint density at radius 2 is 1.03 bits per heavy atom. The lowest BCUT2D eigenvalue weighted by Crippen LogP contribution is -2.21. The molecule has 1 aliphatic heterocycles. The van der Waals surface area contributed by atoms with E-state index in [2.05, 4.69) is 87.2 Å². The number of carbonyl (C=O) groups is 1. The molecule has 1 aliphatic rings. The summed E-state index contributed by atoms with van der Waals surface area (Å²) >= 11 is 0. The molecule has 0 saturated heterocycles. The molecular formula is C49H71N7O8S2. The highest BCUT2D eigenvalue weighted by Crippen LogP contribution is 2.26. The van der Waals surface area contributed by atoms with Crippen molar-refractivity contribution >= 4 is 49.2 Å². The van der Waals surface area contributed by atoms with Gasteiger partial charge in [-0.1, -0.05) is 105 Å². The summed E-state index contributed by atoms with van der Waals surface area (Å²) in [7, 11) is -8.77. The van der Waals surface area contributed by atoms with Crippen LogP contribution < -0.4 is 10.6 Å². The van der Waals surface area contributed by atoms with Gasteiger partial charge < -0.3 is 14.7 Å². The zero-order chi connectivity index (χ0) is 49.6. The molecule has 0 unspecified atom stereocenters. The molecule has 66 heavy (non-hydrogen) atoms. The van der Waals surface area contributed by atoms with E-state index < -0.39 is 31.7 Å². The Hall–Kier alpha value is -5.27. The summed E-state index contributed by atoms with van der Waals surface area (Å²) in [5.74, 6) is -0.441. The molecule has 3 aromatic carbocycles. The lowest BCUT2D eigenvalue weighted by molar-refractivity contribution is -0.114. The predicted molar refractivity (Wildman–Crippen MR) is 270 cm³/mol. The summed E-state index contributed by atoms with van der Waals surface area (Å²) in [5.41, 5.74) is 3.38. The second-order valence-electron chi connectivity index (χ2n) is 14.8. The quantitative estimate of drug-likeness (QED) is 0.0523. The third-order valence-corrected chi connectivity index (χ3v) is 12.7. The number of rotatable bonds is 17. The fourth-order valence-electron chi connectivity index (χ4n) is 6.59. The van der Waals surface area contributed by atoms with Gasteiger partial charge in [0.1, 0.15) is 0 Å². The summed E-state index contributed by atoms with van der Waals surface area (Å²) in [5, 5.41) is 8.41. The van der Waals surface area contributed by atoms with Gasteiger partial charge >= 0.3 is 0 Å². The van der Waals surface area contributed by atoms with Crippen molar-refractivity contribution in [1.29, 1.82) is 0 Å². The van der Waals surface area contributed by atoms with Crippen molar-refractivity contribution in [3.8, 4) is 5.69 Å². The molecule has 0 saturated carbocycles. The number of amides is 1. The maximum absolute atomic E-state index is 13.3. The molecular weight excluding hydrogens is 879 g/mol. The summed E-state index contributed by atoms with van der Waals surface area (Å²) in [4.78, 5) is 33.1. The van der Waals surface area contributed by atoms with Crippen LogP contribution in [0.3, 0.4) is 0 Å². The first kappa shape index (κ1) is 56.9. The number of anilines is 1. The number of benzene rings is 3. The lowest BCUT2D eigenvalue weighted by atomic mass is 10.0. The fourth-order valence-corrected chi connectivity index (χ4v) is 7.55. The Labute approximate surface area is 393 Å². The SMILES string of the molecule is CC1=NN(c2ccc(S(=O)(=O)O)cc2)C(=O)\C1=C/C=C(/C=C/c1c(C)[nH]n(-c2ccc(S(=O)(=O)O)cc2)c1=O)c1ccccc1.CCN(CC)CC.CCN(CC)CC.CCN(CC)CC. The third-order valence-electron chi connectivity index (χ3n) is 10.9. The van der Waals surface area contributed by atoms with Crippen molar-refractivity contribution in [3.63, 3.8) is 0 Å². The molecule has 0 atom stereocenters. The van der Waals surface area contributed by atoms with Gasteiger partial charge in [-0.25, -0.2) is 4.68 Å². The van der Waals surface area contributed by atoms with Crippen LogP contribution in [0.5, 0.6) is 0 Å². The van der Waals surface area contributed by atoms with Gasteiger partial charge in [-0.2, -0.15) is 26.9 Å². The second kappa shape index (κ2) is 28.0. The van der Waals surface area contributed by atoms with Crippen LogP contribution in [-0.2, 0) is 25.0 Å². The largest absolute Gasteiger partial charge is 0.304 e. The van der Waals surface area contributed by atoms with Crippen LogP contribution in [0, 0.1) is 6.92 Å². The Morgan fingerprint density at radius 3 is 1.41 bits per heavy atom. The minimum absolute atomic E-state index is 0.296. The number of nitrogens with one attached hydrogen (secondary N) is 1. The summed E-state index contributed by atoms with van der Waals surface area (Å²) < 4.78 is 65.2. The van der Waals surface area contributed by atoms with Crippen molar-refractivity contribution in [2.75, 3.05) is 63.9 Å². The fraction of sp³-hybridized carbons (Fsp3) is 0.408. The number of H-pyrrole nitrogens is 1. The topological polar surface area (TPSA) is 189 Å². The number of aromatic amines is 1. The molecule has 4 aromatic rings. The molecule has 1 aromatic heterocycles. The highest BCUT2D eigenvalue weighted by Gasteiger charge is 2.28. The van der Waals surface area contributed by atoms with Gasteiger partial charge in [-0.05, 0) is 145 Å². The smallest absolute Gasteiger partial charge is 0.294 e. The lowest BCUT2D eigenvalue weighted by Gasteiger charge is -2.13. The van der Waals surface area contributed by atoms with E-state index in [9.17, 15) is 35.5 Å². The number of allylic oxidation sites excluding steroid dienone is 4. The number of hydrogen-bond acceptors (Lipinski definition) is 10. The minimum atomic E-state index is -4.39. The normalized spacial score (nSPS) is 13.7. The number of carbonyl (C=O) groups excluding carboxylic acids is 1. The van der Waals surface area contributed by atoms with Crippen LogP contribution in [0.2, 0.25) is 0 Å². The van der Waals surface area contributed by atoms with Gasteiger partial charge in [0.25, 0.3) is 31.7 Å². The Morgan fingerprint density at radius 1 is 0.621 bits per heavy atom. The molecule has 0 aliphatic carbocycles. The van der Waals surface area contributed by atoms with E-state index in [0.717, 1.165) is 10.6 Å². The Kier molecular flexibility index (Phi) is 24.1. The molecule has 0 bridgehead atoms. The van der Waals surface area contributed by atoms with E-state index >= 15 is 0 Å². The van der Waals surface area contributed by atoms with Crippen molar-refractivity contribution in [1.82, 2.24) is 24.5 Å². The van der Waals surface area contributed by atoms with Crippen molar-refractivity contribution < 1.29 is 30.7 Å². The van der Waals surface area contributed by atoms with Crippen molar-refractivity contribution in [2.45, 2.75) is 86.0 Å². The third kappa shape index (κ3) is 17.2. The molecule has 3 N–H and O–H groups in total. The molecule has 0 radical (unpaired) electrons. The van der Waals surface area contributed by atoms with Crippen LogP contribution in [-0.4, -0.2) is 121 Å². The number of hydrazone groups is 1. The van der Waals surface area contributed by atoms with Gasteiger partial charge in [-0.15, -0.1) is 0 Å². The highest BCUT2D eigenvalue weighted by atomic mass is 32.2. The number of nitrogens with zero attached hydrogens (tertiary/aromatic N) is 6. The zero-order valence-electron chi connectivity index (χ0n) is 40.5.